The molecular weight excluding hydrogens is 464 g/mol. The predicted molar refractivity (Wildman–Crippen MR) is 126 cm³/mol. The van der Waals surface area contributed by atoms with Gasteiger partial charge in [-0.2, -0.15) is 8.78 Å². The van der Waals surface area contributed by atoms with E-state index in [0.717, 1.165) is 31.6 Å². The molecule has 1 aliphatic rings. The topological polar surface area (TPSA) is 81.5 Å². The maximum Gasteiger partial charge on any atom is 0.387 e. The van der Waals surface area contributed by atoms with Crippen LogP contribution in [0.2, 0.25) is 0 Å². The number of nitrogens with zero attached hydrogens (tertiary/aromatic N) is 4. The fourth-order valence-electron chi connectivity index (χ4n) is 3.76. The molecule has 0 atom stereocenters. The molecule has 0 spiro atoms. The van der Waals surface area contributed by atoms with Crippen LogP contribution in [0.25, 0.3) is 5.69 Å². The van der Waals surface area contributed by atoms with Gasteiger partial charge in [-0.3, -0.25) is 9.36 Å². The Labute approximate surface area is 200 Å². The first-order valence-electron chi connectivity index (χ1n) is 10.9. The maximum atomic E-state index is 12.7. The number of carbonyl (C=O) groups excluding carboxylic acids is 1. The Kier molecular flexibility index (Phi) is 7.84. The molecule has 2 aromatic carbocycles. The van der Waals surface area contributed by atoms with Gasteiger partial charge in [0.2, 0.25) is 11.9 Å². The number of carbonyl (C=O) groups is 1. The summed E-state index contributed by atoms with van der Waals surface area (Å²) in [5.74, 6) is 0.869. The standard InChI is InChI=1S/C23H25F2N5O3S/c1-32-19-12-6-4-10-17(19)30-22(29-13-7-2-8-14-29)27-28-23(30)34-15-20(31)26-16-9-3-5-11-18(16)33-21(24)25/h3-6,9-12,21H,2,7-8,13-15H2,1H3,(H,26,31). The summed E-state index contributed by atoms with van der Waals surface area (Å²) >= 11 is 1.20. The van der Waals surface area contributed by atoms with E-state index in [1.165, 1.54) is 30.3 Å². The number of hydrogen-bond donors (Lipinski definition) is 1. The van der Waals surface area contributed by atoms with Crippen molar-refractivity contribution in [1.29, 1.82) is 0 Å². The van der Waals surface area contributed by atoms with Crippen molar-refractivity contribution in [3.63, 3.8) is 0 Å². The molecule has 2 heterocycles. The number of halogens is 2. The van der Waals surface area contributed by atoms with Crippen LogP contribution in [0.1, 0.15) is 19.3 Å². The zero-order valence-electron chi connectivity index (χ0n) is 18.6. The number of amides is 1. The van der Waals surface area contributed by atoms with E-state index in [1.54, 1.807) is 19.2 Å². The SMILES string of the molecule is COc1ccccc1-n1c(SCC(=O)Nc2ccccc2OC(F)F)nnc1N1CCCCC1. The number of hydrogen-bond acceptors (Lipinski definition) is 7. The lowest BCUT2D eigenvalue weighted by Crippen LogP contribution is -2.31. The van der Waals surface area contributed by atoms with Gasteiger partial charge in [-0.1, -0.05) is 36.0 Å². The molecule has 8 nitrogen and oxygen atoms in total. The number of thioether (sulfide) groups is 1. The number of anilines is 2. The average Bonchev–Trinajstić information content (AvgIpc) is 3.28. The summed E-state index contributed by atoms with van der Waals surface area (Å²) in [5, 5.41) is 11.9. The fourth-order valence-corrected chi connectivity index (χ4v) is 4.50. The zero-order valence-corrected chi connectivity index (χ0v) is 19.4. The number of ether oxygens (including phenoxy) is 2. The highest BCUT2D eigenvalue weighted by atomic mass is 32.2. The first-order valence-corrected chi connectivity index (χ1v) is 11.9. The molecule has 0 radical (unpaired) electrons. The number of methoxy groups -OCH3 is 1. The smallest absolute Gasteiger partial charge is 0.387 e. The van der Waals surface area contributed by atoms with Gasteiger partial charge in [-0.05, 0) is 43.5 Å². The number of aromatic nitrogens is 3. The molecule has 1 amide bonds. The third kappa shape index (κ3) is 5.58. The number of piperidine rings is 1. The Morgan fingerprint density at radius 2 is 1.76 bits per heavy atom. The first kappa shape index (κ1) is 23.8. The fraction of sp³-hybridized carbons (Fsp3) is 0.348. The second kappa shape index (κ2) is 11.2. The van der Waals surface area contributed by atoms with E-state index in [4.69, 9.17) is 4.74 Å². The van der Waals surface area contributed by atoms with Crippen LogP contribution in [-0.4, -0.2) is 53.2 Å². The van der Waals surface area contributed by atoms with Gasteiger partial charge in [0.25, 0.3) is 0 Å². The normalized spacial score (nSPS) is 13.7. The van der Waals surface area contributed by atoms with E-state index in [0.29, 0.717) is 16.9 Å². The van der Waals surface area contributed by atoms with Crippen molar-refractivity contribution in [1.82, 2.24) is 14.8 Å². The van der Waals surface area contributed by atoms with Crippen molar-refractivity contribution in [2.24, 2.45) is 0 Å². The van der Waals surface area contributed by atoms with Gasteiger partial charge < -0.3 is 19.7 Å². The van der Waals surface area contributed by atoms with Crippen LogP contribution in [0.3, 0.4) is 0 Å². The molecule has 0 bridgehead atoms. The van der Waals surface area contributed by atoms with E-state index < -0.39 is 6.61 Å². The van der Waals surface area contributed by atoms with Crippen LogP contribution in [0.4, 0.5) is 20.4 Å². The largest absolute Gasteiger partial charge is 0.495 e. The van der Waals surface area contributed by atoms with Gasteiger partial charge in [0, 0.05) is 13.1 Å². The number of benzene rings is 2. The molecule has 3 aromatic rings. The van der Waals surface area contributed by atoms with Gasteiger partial charge in [0.05, 0.1) is 24.2 Å². The van der Waals surface area contributed by atoms with E-state index >= 15 is 0 Å². The van der Waals surface area contributed by atoms with E-state index in [-0.39, 0.29) is 23.1 Å². The number of rotatable bonds is 9. The second-order valence-corrected chi connectivity index (χ2v) is 8.49. The third-order valence-electron chi connectivity index (χ3n) is 5.29. The van der Waals surface area contributed by atoms with Crippen molar-refractivity contribution < 1.29 is 23.0 Å². The molecule has 34 heavy (non-hydrogen) atoms. The van der Waals surface area contributed by atoms with Crippen molar-refractivity contribution in [3.8, 4) is 17.2 Å². The van der Waals surface area contributed by atoms with Crippen LogP contribution in [0.5, 0.6) is 11.5 Å². The summed E-state index contributed by atoms with van der Waals surface area (Å²) in [6, 6.07) is 13.6. The lowest BCUT2D eigenvalue weighted by molar-refractivity contribution is -0.113. The Morgan fingerprint density at radius 3 is 2.50 bits per heavy atom. The predicted octanol–water partition coefficient (Wildman–Crippen LogP) is 4.60. The van der Waals surface area contributed by atoms with Crippen LogP contribution >= 0.6 is 11.8 Å². The highest BCUT2D eigenvalue weighted by Gasteiger charge is 2.24. The van der Waals surface area contributed by atoms with Gasteiger partial charge >= 0.3 is 6.61 Å². The molecule has 0 unspecified atom stereocenters. The van der Waals surface area contributed by atoms with Crippen molar-refractivity contribution in [2.75, 3.05) is 36.2 Å². The highest BCUT2D eigenvalue weighted by molar-refractivity contribution is 7.99. The lowest BCUT2D eigenvalue weighted by atomic mass is 10.1. The van der Waals surface area contributed by atoms with Crippen LogP contribution in [0.15, 0.2) is 53.7 Å². The molecule has 1 aromatic heterocycles. The van der Waals surface area contributed by atoms with E-state index in [2.05, 4.69) is 25.2 Å². The third-order valence-corrected chi connectivity index (χ3v) is 6.22. The van der Waals surface area contributed by atoms with Crippen molar-refractivity contribution >= 4 is 29.3 Å². The number of para-hydroxylation sites is 4. The van der Waals surface area contributed by atoms with Crippen molar-refractivity contribution in [3.05, 3.63) is 48.5 Å². The lowest BCUT2D eigenvalue weighted by Gasteiger charge is -2.28. The molecule has 1 fully saturated rings. The van der Waals surface area contributed by atoms with Gasteiger partial charge in [-0.15, -0.1) is 10.2 Å². The summed E-state index contributed by atoms with van der Waals surface area (Å²) < 4.78 is 37.3. The summed E-state index contributed by atoms with van der Waals surface area (Å²) in [7, 11) is 1.60. The first-order chi connectivity index (χ1) is 16.6. The minimum Gasteiger partial charge on any atom is -0.495 e. The minimum absolute atomic E-state index is 0.00368. The quantitative estimate of drug-likeness (QED) is 0.440. The molecule has 11 heteroatoms. The Balaban J connectivity index is 1.55. The Morgan fingerprint density at radius 1 is 1.06 bits per heavy atom. The summed E-state index contributed by atoms with van der Waals surface area (Å²) in [5.41, 5.74) is 0.947. The van der Waals surface area contributed by atoms with Crippen LogP contribution in [-0.2, 0) is 4.79 Å². The Bertz CT molecular complexity index is 1120. The second-order valence-electron chi connectivity index (χ2n) is 7.55. The molecule has 180 valence electrons. The monoisotopic (exact) mass is 489 g/mol. The zero-order chi connectivity index (χ0) is 23.9. The van der Waals surface area contributed by atoms with Gasteiger partial charge in [0.15, 0.2) is 5.16 Å². The summed E-state index contributed by atoms with van der Waals surface area (Å²) in [4.78, 5) is 14.8. The van der Waals surface area contributed by atoms with Crippen LogP contribution < -0.4 is 19.7 Å². The number of nitrogens with one attached hydrogen (secondary N) is 1. The van der Waals surface area contributed by atoms with E-state index in [1.807, 2.05) is 28.8 Å². The summed E-state index contributed by atoms with van der Waals surface area (Å²) in [6.45, 7) is -1.24. The van der Waals surface area contributed by atoms with Crippen molar-refractivity contribution in [2.45, 2.75) is 31.0 Å². The highest BCUT2D eigenvalue weighted by Crippen LogP contribution is 2.33. The summed E-state index contributed by atoms with van der Waals surface area (Å²) in [6.07, 6.45) is 3.32. The molecule has 4 rings (SSSR count). The molecule has 0 saturated carbocycles. The molecular formula is C23H25F2N5O3S. The van der Waals surface area contributed by atoms with Gasteiger partial charge in [0.1, 0.15) is 11.5 Å². The molecule has 1 saturated heterocycles. The Hall–Kier alpha value is -3.34. The maximum absolute atomic E-state index is 12.7. The van der Waals surface area contributed by atoms with E-state index in [9.17, 15) is 13.6 Å². The molecule has 1 aliphatic heterocycles. The minimum atomic E-state index is -2.99. The van der Waals surface area contributed by atoms with Gasteiger partial charge in [-0.25, -0.2) is 0 Å². The number of alkyl halides is 2. The molecule has 0 aliphatic carbocycles. The molecule has 1 N–H and O–H groups in total. The van der Waals surface area contributed by atoms with Crippen LogP contribution in [0, 0.1) is 0 Å². The average molecular weight is 490 g/mol.